The van der Waals surface area contributed by atoms with Crippen molar-refractivity contribution in [2.24, 2.45) is 5.92 Å². The number of carbonyl (C=O) groups is 2. The van der Waals surface area contributed by atoms with Gasteiger partial charge >= 0.3 is 5.97 Å². The quantitative estimate of drug-likeness (QED) is 0.703. The lowest BCUT2D eigenvalue weighted by atomic mass is 10.0. The average Bonchev–Trinajstić information content (AvgIpc) is 3.14. The summed E-state index contributed by atoms with van der Waals surface area (Å²) in [6.45, 7) is 10.4. The maximum atomic E-state index is 12.7. The Kier molecular flexibility index (Phi) is 7.80. The highest BCUT2D eigenvalue weighted by Gasteiger charge is 2.30. The zero-order valence-electron chi connectivity index (χ0n) is 16.9. The van der Waals surface area contributed by atoms with E-state index in [2.05, 4.69) is 5.32 Å². The van der Waals surface area contributed by atoms with Crippen LogP contribution in [0.5, 0.6) is 0 Å². The van der Waals surface area contributed by atoms with Crippen molar-refractivity contribution in [1.82, 2.24) is 0 Å². The Morgan fingerprint density at radius 3 is 2.63 bits per heavy atom. The third-order valence-electron chi connectivity index (χ3n) is 4.86. The summed E-state index contributed by atoms with van der Waals surface area (Å²) in [4.78, 5) is 25.1. The molecule has 1 N–H and O–H groups in total. The molecule has 0 aromatic heterocycles. The number of aryl methyl sites for hydroxylation is 1. The van der Waals surface area contributed by atoms with Gasteiger partial charge in [0.15, 0.2) is 12.2 Å². The summed E-state index contributed by atoms with van der Waals surface area (Å²) >= 11 is 0. The van der Waals surface area contributed by atoms with Crippen LogP contribution in [-0.4, -0.2) is 43.4 Å². The van der Waals surface area contributed by atoms with Gasteiger partial charge in [0.05, 0.1) is 12.7 Å². The maximum absolute atomic E-state index is 12.7. The van der Waals surface area contributed by atoms with Gasteiger partial charge in [0.2, 0.25) is 0 Å². The minimum absolute atomic E-state index is 0.0359. The highest BCUT2D eigenvalue weighted by atomic mass is 16.6. The number of ether oxygens (including phenoxy) is 3. The van der Waals surface area contributed by atoms with Crippen LogP contribution in [0, 0.1) is 19.8 Å². The van der Waals surface area contributed by atoms with E-state index in [1.54, 1.807) is 6.92 Å². The number of esters is 1. The largest absolute Gasteiger partial charge is 0.450 e. The molecule has 27 heavy (non-hydrogen) atoms. The van der Waals surface area contributed by atoms with Gasteiger partial charge < -0.3 is 19.5 Å². The minimum Gasteiger partial charge on any atom is -0.450 e. The van der Waals surface area contributed by atoms with Crippen LogP contribution in [0.2, 0.25) is 0 Å². The van der Waals surface area contributed by atoms with Crippen molar-refractivity contribution < 1.29 is 23.8 Å². The van der Waals surface area contributed by atoms with Gasteiger partial charge in [-0.1, -0.05) is 26.0 Å². The molecule has 1 aromatic carbocycles. The van der Waals surface area contributed by atoms with Crippen molar-refractivity contribution in [3.63, 3.8) is 0 Å². The van der Waals surface area contributed by atoms with Crippen LogP contribution >= 0.6 is 0 Å². The van der Waals surface area contributed by atoms with Crippen molar-refractivity contribution in [1.29, 1.82) is 0 Å². The molecule has 2 rings (SSSR count). The molecule has 6 heteroatoms. The average molecular weight is 377 g/mol. The molecule has 0 radical (unpaired) electrons. The van der Waals surface area contributed by atoms with E-state index in [4.69, 9.17) is 14.2 Å². The molecule has 0 bridgehead atoms. The number of hydrogen-bond acceptors (Lipinski definition) is 5. The van der Waals surface area contributed by atoms with Gasteiger partial charge in [-0.3, -0.25) is 4.79 Å². The first-order valence-electron chi connectivity index (χ1n) is 9.60. The van der Waals surface area contributed by atoms with E-state index in [0.717, 1.165) is 36.3 Å². The summed E-state index contributed by atoms with van der Waals surface area (Å²) in [5.41, 5.74) is 2.80. The van der Waals surface area contributed by atoms with Crippen LogP contribution in [0.1, 0.15) is 44.7 Å². The summed E-state index contributed by atoms with van der Waals surface area (Å²) in [7, 11) is 0. The number of amides is 1. The standard InChI is InChI=1S/C21H31NO5/c1-13(2)19(20(23)22-18-10-6-8-14(3)15(18)4)27-21(24)16(5)26-12-17-9-7-11-25-17/h6,8,10,13,16-17,19H,7,9,11-12H2,1-5H3,(H,22,23). The molecule has 1 saturated heterocycles. The third-order valence-corrected chi connectivity index (χ3v) is 4.86. The lowest BCUT2D eigenvalue weighted by Gasteiger charge is -2.23. The molecule has 1 aromatic rings. The number of carbonyl (C=O) groups excluding carboxylic acids is 2. The molecule has 0 spiro atoms. The van der Waals surface area contributed by atoms with Gasteiger partial charge in [-0.2, -0.15) is 0 Å². The molecule has 6 nitrogen and oxygen atoms in total. The second-order valence-corrected chi connectivity index (χ2v) is 7.45. The summed E-state index contributed by atoms with van der Waals surface area (Å²) in [6, 6.07) is 5.71. The minimum atomic E-state index is -0.883. The fourth-order valence-corrected chi connectivity index (χ4v) is 2.90. The van der Waals surface area contributed by atoms with E-state index in [-0.39, 0.29) is 17.9 Å². The second-order valence-electron chi connectivity index (χ2n) is 7.45. The van der Waals surface area contributed by atoms with E-state index in [1.807, 2.05) is 45.9 Å². The molecule has 0 aliphatic carbocycles. The molecule has 3 unspecified atom stereocenters. The van der Waals surface area contributed by atoms with Crippen LogP contribution < -0.4 is 5.32 Å². The van der Waals surface area contributed by atoms with Crippen molar-refractivity contribution in [2.75, 3.05) is 18.5 Å². The van der Waals surface area contributed by atoms with E-state index >= 15 is 0 Å². The van der Waals surface area contributed by atoms with Gasteiger partial charge in [0, 0.05) is 12.3 Å². The molecule has 1 fully saturated rings. The van der Waals surface area contributed by atoms with Crippen LogP contribution in [0.15, 0.2) is 18.2 Å². The van der Waals surface area contributed by atoms with Crippen molar-refractivity contribution in [2.45, 2.75) is 65.8 Å². The number of benzene rings is 1. The predicted octanol–water partition coefficient (Wildman–Crippen LogP) is 3.39. The zero-order valence-corrected chi connectivity index (χ0v) is 16.9. The molecular weight excluding hydrogens is 346 g/mol. The lowest BCUT2D eigenvalue weighted by Crippen LogP contribution is -2.40. The number of anilines is 1. The van der Waals surface area contributed by atoms with Gasteiger partial charge in [0.1, 0.15) is 0 Å². The number of nitrogens with one attached hydrogen (secondary N) is 1. The fraction of sp³-hybridized carbons (Fsp3) is 0.619. The number of hydrogen-bond donors (Lipinski definition) is 1. The molecule has 1 amide bonds. The molecule has 1 aliphatic rings. The van der Waals surface area contributed by atoms with Crippen molar-refractivity contribution >= 4 is 17.6 Å². The monoisotopic (exact) mass is 377 g/mol. The Bertz CT molecular complexity index is 652. The predicted molar refractivity (Wildman–Crippen MR) is 104 cm³/mol. The van der Waals surface area contributed by atoms with Gasteiger partial charge in [-0.25, -0.2) is 4.79 Å². The van der Waals surface area contributed by atoms with Crippen LogP contribution in [-0.2, 0) is 23.8 Å². The van der Waals surface area contributed by atoms with Crippen molar-refractivity contribution in [3.8, 4) is 0 Å². The van der Waals surface area contributed by atoms with Gasteiger partial charge in [-0.15, -0.1) is 0 Å². The molecule has 3 atom stereocenters. The molecular formula is C21H31NO5. The fourth-order valence-electron chi connectivity index (χ4n) is 2.90. The highest BCUT2D eigenvalue weighted by molar-refractivity contribution is 5.96. The third kappa shape index (κ3) is 6.04. The number of rotatable bonds is 8. The van der Waals surface area contributed by atoms with E-state index in [9.17, 15) is 9.59 Å². The Labute approximate surface area is 161 Å². The normalized spacial score (nSPS) is 19.0. The SMILES string of the molecule is Cc1cccc(NC(=O)C(OC(=O)C(C)OCC2CCCO2)C(C)C)c1C. The first-order chi connectivity index (χ1) is 12.8. The molecule has 150 valence electrons. The first kappa shape index (κ1) is 21.4. The Morgan fingerprint density at radius 1 is 1.26 bits per heavy atom. The van der Waals surface area contributed by atoms with E-state index in [0.29, 0.717) is 6.61 Å². The zero-order chi connectivity index (χ0) is 20.0. The van der Waals surface area contributed by atoms with Gasteiger partial charge in [0.25, 0.3) is 5.91 Å². The van der Waals surface area contributed by atoms with Crippen molar-refractivity contribution in [3.05, 3.63) is 29.3 Å². The van der Waals surface area contributed by atoms with E-state index < -0.39 is 18.2 Å². The topological polar surface area (TPSA) is 73.9 Å². The summed E-state index contributed by atoms with van der Waals surface area (Å²) < 4.78 is 16.5. The smallest absolute Gasteiger partial charge is 0.335 e. The van der Waals surface area contributed by atoms with E-state index in [1.165, 1.54) is 0 Å². The molecule has 1 heterocycles. The maximum Gasteiger partial charge on any atom is 0.335 e. The van der Waals surface area contributed by atoms with Crippen LogP contribution in [0.4, 0.5) is 5.69 Å². The van der Waals surface area contributed by atoms with Crippen LogP contribution in [0.3, 0.4) is 0 Å². The Morgan fingerprint density at radius 2 is 2.00 bits per heavy atom. The second kappa shape index (κ2) is 9.85. The van der Waals surface area contributed by atoms with Crippen LogP contribution in [0.25, 0.3) is 0 Å². The Balaban J connectivity index is 1.93. The lowest BCUT2D eigenvalue weighted by molar-refractivity contribution is -0.168. The van der Waals surface area contributed by atoms with Gasteiger partial charge in [-0.05, 0) is 56.7 Å². The molecule has 1 aliphatic heterocycles. The summed E-state index contributed by atoms with van der Waals surface area (Å²) in [5.74, 6) is -1.04. The highest BCUT2D eigenvalue weighted by Crippen LogP contribution is 2.20. The molecule has 0 saturated carbocycles. The summed E-state index contributed by atoms with van der Waals surface area (Å²) in [6.07, 6.45) is 0.360. The Hall–Kier alpha value is -1.92. The first-order valence-corrected chi connectivity index (χ1v) is 9.60. The summed E-state index contributed by atoms with van der Waals surface area (Å²) in [5, 5.41) is 2.88.